The molecule has 2 atom stereocenters. The van der Waals surface area contributed by atoms with Gasteiger partial charge in [-0.2, -0.15) is 5.26 Å². The normalized spacial score (nSPS) is 19.4. The molecule has 1 aromatic heterocycles. The Kier molecular flexibility index (Phi) is 4.66. The summed E-state index contributed by atoms with van der Waals surface area (Å²) in [7, 11) is 1.42. The van der Waals surface area contributed by atoms with E-state index in [0.717, 1.165) is 27.7 Å². The highest BCUT2D eigenvalue weighted by atomic mass is 16.5. The summed E-state index contributed by atoms with van der Waals surface area (Å²) < 4.78 is 5.11. The second-order valence-corrected chi connectivity index (χ2v) is 6.84. The second kappa shape index (κ2) is 7.26. The Morgan fingerprint density at radius 3 is 2.70 bits per heavy atom. The molecule has 4 rings (SSSR count). The van der Waals surface area contributed by atoms with E-state index >= 15 is 0 Å². The molecule has 0 saturated heterocycles. The van der Waals surface area contributed by atoms with Crippen LogP contribution in [0.15, 0.2) is 54.6 Å². The minimum absolute atomic E-state index is 0.185. The molecule has 2 heterocycles. The predicted molar refractivity (Wildman–Crippen MR) is 103 cm³/mol. The van der Waals surface area contributed by atoms with Crippen LogP contribution in [0.1, 0.15) is 29.3 Å². The minimum Gasteiger partial charge on any atom is -0.468 e. The summed E-state index contributed by atoms with van der Waals surface area (Å²) >= 11 is 0. The lowest BCUT2D eigenvalue weighted by atomic mass is 9.89. The largest absolute Gasteiger partial charge is 0.468 e. The minimum atomic E-state index is -0.416. The molecule has 5 heteroatoms. The van der Waals surface area contributed by atoms with Crippen LogP contribution >= 0.6 is 0 Å². The number of ether oxygens (including phenoxy) is 1. The van der Waals surface area contributed by atoms with Gasteiger partial charge in [-0.25, -0.2) is 0 Å². The van der Waals surface area contributed by atoms with E-state index in [0.29, 0.717) is 19.4 Å². The number of nitriles is 1. The summed E-state index contributed by atoms with van der Waals surface area (Å²) in [4.78, 5) is 18.2. The lowest BCUT2D eigenvalue weighted by Gasteiger charge is -2.39. The quantitative estimate of drug-likeness (QED) is 0.721. The molecule has 0 fully saturated rings. The van der Waals surface area contributed by atoms with Crippen LogP contribution in [-0.4, -0.2) is 29.0 Å². The highest BCUT2D eigenvalue weighted by molar-refractivity contribution is 5.87. The van der Waals surface area contributed by atoms with E-state index in [1.807, 2.05) is 48.5 Å². The Bertz CT molecular complexity index is 1000. The number of aromatic nitrogens is 1. The van der Waals surface area contributed by atoms with Crippen LogP contribution in [0.4, 0.5) is 0 Å². The van der Waals surface area contributed by atoms with Gasteiger partial charge in [0.1, 0.15) is 6.04 Å². The Labute approximate surface area is 158 Å². The number of carbonyl (C=O) groups excluding carboxylic acids is 1. The van der Waals surface area contributed by atoms with Gasteiger partial charge in [0.05, 0.1) is 25.6 Å². The van der Waals surface area contributed by atoms with Crippen molar-refractivity contribution in [1.29, 1.82) is 5.26 Å². The molecule has 1 N–H and O–H groups in total. The first-order valence-electron chi connectivity index (χ1n) is 9.07. The van der Waals surface area contributed by atoms with Crippen molar-refractivity contribution in [1.82, 2.24) is 9.88 Å². The number of aromatic amines is 1. The van der Waals surface area contributed by atoms with Gasteiger partial charge in [-0.1, -0.05) is 48.5 Å². The van der Waals surface area contributed by atoms with Crippen LogP contribution in [0.2, 0.25) is 0 Å². The van der Waals surface area contributed by atoms with Gasteiger partial charge in [0.2, 0.25) is 0 Å². The number of rotatable bonds is 4. The molecule has 5 nitrogen and oxygen atoms in total. The number of hydrogen-bond donors (Lipinski definition) is 1. The third kappa shape index (κ3) is 3.09. The summed E-state index contributed by atoms with van der Waals surface area (Å²) in [5.41, 5.74) is 4.30. The summed E-state index contributed by atoms with van der Waals surface area (Å²) in [6.07, 6.45) is 0.876. The zero-order chi connectivity index (χ0) is 18.8. The zero-order valence-electron chi connectivity index (χ0n) is 15.2. The average molecular weight is 359 g/mol. The van der Waals surface area contributed by atoms with Gasteiger partial charge in [0.25, 0.3) is 0 Å². The van der Waals surface area contributed by atoms with Crippen LogP contribution < -0.4 is 0 Å². The lowest BCUT2D eigenvalue weighted by molar-refractivity contribution is -0.149. The number of esters is 1. The maximum absolute atomic E-state index is 12.6. The molecule has 2 aromatic carbocycles. The van der Waals surface area contributed by atoms with Crippen LogP contribution in [0.3, 0.4) is 0 Å². The molecule has 0 saturated carbocycles. The molecule has 0 bridgehead atoms. The van der Waals surface area contributed by atoms with Gasteiger partial charge in [0, 0.05) is 29.6 Å². The summed E-state index contributed by atoms with van der Waals surface area (Å²) in [5.74, 6) is -0.259. The van der Waals surface area contributed by atoms with E-state index in [4.69, 9.17) is 4.74 Å². The van der Waals surface area contributed by atoms with Crippen molar-refractivity contribution in [2.45, 2.75) is 31.5 Å². The van der Waals surface area contributed by atoms with Gasteiger partial charge < -0.3 is 9.72 Å². The molecule has 1 aliphatic rings. The number of hydrogen-bond acceptors (Lipinski definition) is 4. The van der Waals surface area contributed by atoms with E-state index in [9.17, 15) is 10.1 Å². The fraction of sp³-hybridized carbons (Fsp3) is 0.273. The highest BCUT2D eigenvalue weighted by Gasteiger charge is 2.40. The molecule has 27 heavy (non-hydrogen) atoms. The van der Waals surface area contributed by atoms with Gasteiger partial charge >= 0.3 is 5.97 Å². The molecule has 136 valence electrons. The van der Waals surface area contributed by atoms with Gasteiger partial charge in [-0.3, -0.25) is 9.69 Å². The fourth-order valence-electron chi connectivity index (χ4n) is 4.09. The lowest BCUT2D eigenvalue weighted by Crippen LogP contribution is -2.48. The van der Waals surface area contributed by atoms with Crippen molar-refractivity contribution in [2.24, 2.45) is 0 Å². The average Bonchev–Trinajstić information content (AvgIpc) is 3.08. The third-order valence-electron chi connectivity index (χ3n) is 5.34. The number of carbonyl (C=O) groups is 1. The van der Waals surface area contributed by atoms with E-state index in [2.05, 4.69) is 22.0 Å². The first-order valence-corrected chi connectivity index (χ1v) is 9.07. The molecular formula is C22H21N3O2. The van der Waals surface area contributed by atoms with Gasteiger partial charge in [0.15, 0.2) is 0 Å². The Balaban J connectivity index is 1.83. The topological polar surface area (TPSA) is 69.1 Å². The van der Waals surface area contributed by atoms with Gasteiger partial charge in [-0.15, -0.1) is 0 Å². The monoisotopic (exact) mass is 359 g/mol. The SMILES string of the molecule is COC(=O)[C@@H]1Cc2c([nH]c3ccccc23)[C@H](CC#N)N1Cc1ccccc1. The van der Waals surface area contributed by atoms with E-state index in [1.165, 1.54) is 7.11 Å². The predicted octanol–water partition coefficient (Wildman–Crippen LogP) is 3.72. The van der Waals surface area contributed by atoms with Crippen LogP contribution in [0, 0.1) is 11.3 Å². The molecule has 3 aromatic rings. The van der Waals surface area contributed by atoms with Crippen LogP contribution in [0.25, 0.3) is 10.9 Å². The number of H-pyrrole nitrogens is 1. The first-order chi connectivity index (χ1) is 13.2. The van der Waals surface area contributed by atoms with Crippen LogP contribution in [0.5, 0.6) is 0 Å². The van der Waals surface area contributed by atoms with Crippen molar-refractivity contribution in [2.75, 3.05) is 7.11 Å². The maximum atomic E-state index is 12.6. The number of methoxy groups -OCH3 is 1. The molecule has 1 aliphatic heterocycles. The number of para-hydroxylation sites is 1. The Morgan fingerprint density at radius 2 is 1.96 bits per heavy atom. The van der Waals surface area contributed by atoms with Crippen LogP contribution in [-0.2, 0) is 22.5 Å². The Morgan fingerprint density at radius 1 is 1.22 bits per heavy atom. The molecule has 0 amide bonds. The van der Waals surface area contributed by atoms with E-state index < -0.39 is 6.04 Å². The van der Waals surface area contributed by atoms with Crippen molar-refractivity contribution < 1.29 is 9.53 Å². The third-order valence-corrected chi connectivity index (χ3v) is 5.34. The van der Waals surface area contributed by atoms with E-state index in [-0.39, 0.29) is 12.0 Å². The first kappa shape index (κ1) is 17.3. The molecule has 0 aliphatic carbocycles. The van der Waals surface area contributed by atoms with Gasteiger partial charge in [-0.05, 0) is 17.2 Å². The van der Waals surface area contributed by atoms with Crippen molar-refractivity contribution >= 4 is 16.9 Å². The van der Waals surface area contributed by atoms with E-state index in [1.54, 1.807) is 0 Å². The summed E-state index contributed by atoms with van der Waals surface area (Å²) in [6, 6.07) is 19.8. The number of nitrogens with zero attached hydrogens (tertiary/aromatic N) is 2. The maximum Gasteiger partial charge on any atom is 0.323 e. The summed E-state index contributed by atoms with van der Waals surface area (Å²) in [5, 5.41) is 10.6. The molecule has 0 radical (unpaired) electrons. The molecular weight excluding hydrogens is 338 g/mol. The summed E-state index contributed by atoms with van der Waals surface area (Å²) in [6.45, 7) is 0.585. The number of fused-ring (bicyclic) bond motifs is 3. The molecule has 0 unspecified atom stereocenters. The Hall–Kier alpha value is -3.10. The second-order valence-electron chi connectivity index (χ2n) is 6.84. The number of nitrogens with one attached hydrogen (secondary N) is 1. The standard InChI is InChI=1S/C22H21N3O2/c1-27-22(26)20-13-17-16-9-5-6-10-18(16)24-21(17)19(11-12-23)25(20)14-15-7-3-2-4-8-15/h2-10,19-20,24H,11,13-14H2,1H3/t19-,20-/m0/s1. The van der Waals surface area contributed by atoms with Crippen molar-refractivity contribution in [3.63, 3.8) is 0 Å². The zero-order valence-corrected chi connectivity index (χ0v) is 15.2. The highest BCUT2D eigenvalue weighted by Crippen LogP contribution is 2.39. The fourth-order valence-corrected chi connectivity index (χ4v) is 4.09. The molecule has 0 spiro atoms. The van der Waals surface area contributed by atoms with Crippen molar-refractivity contribution in [3.05, 3.63) is 71.4 Å². The smallest absolute Gasteiger partial charge is 0.323 e. The van der Waals surface area contributed by atoms with Crippen molar-refractivity contribution in [3.8, 4) is 6.07 Å². The number of benzene rings is 2.